The largest absolute Gasteiger partial charge is 0.491 e. The van der Waals surface area contributed by atoms with E-state index < -0.39 is 23.8 Å². The van der Waals surface area contributed by atoms with Crippen LogP contribution >= 0.6 is 0 Å². The normalized spacial score (nSPS) is 12.4. The van der Waals surface area contributed by atoms with Gasteiger partial charge >= 0.3 is 6.18 Å². The van der Waals surface area contributed by atoms with E-state index in [1.54, 1.807) is 0 Å². The van der Waals surface area contributed by atoms with Crippen LogP contribution in [0.15, 0.2) is 65.6 Å². The van der Waals surface area contributed by atoms with Crippen LogP contribution < -0.4 is 4.74 Å². The van der Waals surface area contributed by atoms with Crippen molar-refractivity contribution in [1.82, 2.24) is 9.88 Å². The highest BCUT2D eigenvalue weighted by molar-refractivity contribution is 5.91. The number of ether oxygens (including phenoxy) is 1. The number of nitrogens with zero attached hydrogens (tertiary/aromatic N) is 2. The number of rotatable bonds is 8. The molecular weight excluding hydrogens is 413 g/mol. The number of alkyl halides is 3. The zero-order valence-corrected chi connectivity index (χ0v) is 16.7. The molecular formula is C22H21F3N2O4. The highest BCUT2D eigenvalue weighted by atomic mass is 19.4. The number of carbonyl (C=O) groups excluding carboxylic acids is 1. The molecule has 0 aliphatic heterocycles. The summed E-state index contributed by atoms with van der Waals surface area (Å²) >= 11 is 0. The average Bonchev–Trinajstić information content (AvgIpc) is 3.27. The van der Waals surface area contributed by atoms with Crippen LogP contribution in [0.3, 0.4) is 0 Å². The minimum absolute atomic E-state index is 0.0688. The van der Waals surface area contributed by atoms with Crippen molar-refractivity contribution in [1.29, 1.82) is 0 Å². The van der Waals surface area contributed by atoms with Gasteiger partial charge in [-0.05, 0) is 42.3 Å². The van der Waals surface area contributed by atoms with E-state index in [1.807, 2.05) is 31.2 Å². The topological polar surface area (TPSA) is 75.8 Å². The summed E-state index contributed by atoms with van der Waals surface area (Å²) in [4.78, 5) is 18.1. The SMILES string of the molecule is Cc1ccccc1CN(CC(O)COc1ccc(C(F)(F)F)cc1)C(=O)c1cocn1. The Labute approximate surface area is 176 Å². The van der Waals surface area contributed by atoms with Crippen molar-refractivity contribution in [2.24, 2.45) is 0 Å². The number of aliphatic hydroxyl groups is 1. The van der Waals surface area contributed by atoms with E-state index in [1.165, 1.54) is 23.3 Å². The molecule has 3 aromatic rings. The smallest absolute Gasteiger partial charge is 0.416 e. The fourth-order valence-corrected chi connectivity index (χ4v) is 2.93. The maximum atomic E-state index is 12.8. The van der Waals surface area contributed by atoms with Gasteiger partial charge in [-0.25, -0.2) is 4.98 Å². The van der Waals surface area contributed by atoms with Gasteiger partial charge in [0.2, 0.25) is 0 Å². The van der Waals surface area contributed by atoms with E-state index in [-0.39, 0.29) is 31.1 Å². The Morgan fingerprint density at radius 1 is 1.19 bits per heavy atom. The lowest BCUT2D eigenvalue weighted by molar-refractivity contribution is -0.137. The number of aliphatic hydroxyl groups excluding tert-OH is 1. The summed E-state index contributed by atoms with van der Waals surface area (Å²) in [6.07, 6.45) is -3.15. The van der Waals surface area contributed by atoms with E-state index >= 15 is 0 Å². The summed E-state index contributed by atoms with van der Waals surface area (Å²) in [5, 5.41) is 10.4. The molecule has 31 heavy (non-hydrogen) atoms. The number of amides is 1. The molecule has 1 N–H and O–H groups in total. The van der Waals surface area contributed by atoms with E-state index in [0.29, 0.717) is 0 Å². The molecule has 0 bridgehead atoms. The highest BCUT2D eigenvalue weighted by Gasteiger charge is 2.30. The minimum atomic E-state index is -4.43. The molecule has 1 unspecified atom stereocenters. The standard InChI is InChI=1S/C22H21F3N2O4/c1-15-4-2-3-5-16(15)10-27(21(29)20-13-30-14-26-20)11-18(28)12-31-19-8-6-17(7-9-19)22(23,24)25/h2-9,13-14,18,28H,10-12H2,1H3. The van der Waals surface area contributed by atoms with Gasteiger partial charge in [0.25, 0.3) is 5.91 Å². The van der Waals surface area contributed by atoms with Crippen LogP contribution in [0.1, 0.15) is 27.2 Å². The Balaban J connectivity index is 1.65. The number of benzene rings is 2. The molecule has 1 heterocycles. The molecule has 1 atom stereocenters. The third-order valence-electron chi connectivity index (χ3n) is 4.62. The second-order valence-corrected chi connectivity index (χ2v) is 6.97. The Hall–Kier alpha value is -3.33. The summed E-state index contributed by atoms with van der Waals surface area (Å²) < 4.78 is 48.2. The molecule has 2 aromatic carbocycles. The molecule has 0 saturated heterocycles. The van der Waals surface area contributed by atoms with Crippen molar-refractivity contribution in [3.63, 3.8) is 0 Å². The van der Waals surface area contributed by atoms with Crippen molar-refractivity contribution in [3.8, 4) is 5.75 Å². The van der Waals surface area contributed by atoms with Crippen LogP contribution in [0.2, 0.25) is 0 Å². The van der Waals surface area contributed by atoms with Gasteiger partial charge in [0.05, 0.1) is 12.1 Å². The van der Waals surface area contributed by atoms with Gasteiger partial charge in [0, 0.05) is 6.54 Å². The molecule has 0 spiro atoms. The highest BCUT2D eigenvalue weighted by Crippen LogP contribution is 2.30. The summed E-state index contributed by atoms with van der Waals surface area (Å²) in [5.74, 6) is -0.245. The monoisotopic (exact) mass is 434 g/mol. The lowest BCUT2D eigenvalue weighted by Crippen LogP contribution is -2.39. The predicted octanol–water partition coefficient (Wildman–Crippen LogP) is 4.08. The minimum Gasteiger partial charge on any atom is -0.491 e. The van der Waals surface area contributed by atoms with Gasteiger partial charge < -0.3 is 19.2 Å². The number of oxazole rings is 1. The summed E-state index contributed by atoms with van der Waals surface area (Å²) in [5.41, 5.74) is 1.19. The van der Waals surface area contributed by atoms with Crippen molar-refractivity contribution in [3.05, 3.63) is 83.6 Å². The Bertz CT molecular complexity index is 989. The molecule has 6 nitrogen and oxygen atoms in total. The quantitative estimate of drug-likeness (QED) is 0.578. The first-order chi connectivity index (χ1) is 14.7. The Morgan fingerprint density at radius 3 is 2.52 bits per heavy atom. The number of hydrogen-bond donors (Lipinski definition) is 1. The zero-order chi connectivity index (χ0) is 22.4. The maximum Gasteiger partial charge on any atom is 0.416 e. The molecule has 0 fully saturated rings. The third kappa shape index (κ3) is 6.08. The number of halogens is 3. The van der Waals surface area contributed by atoms with Crippen LogP contribution in [-0.4, -0.2) is 40.2 Å². The van der Waals surface area contributed by atoms with Crippen LogP contribution in [0, 0.1) is 6.92 Å². The lowest BCUT2D eigenvalue weighted by Gasteiger charge is -2.25. The Morgan fingerprint density at radius 2 is 1.90 bits per heavy atom. The maximum absolute atomic E-state index is 12.8. The number of aromatic nitrogens is 1. The Kier molecular flexibility index (Phi) is 6.96. The fraction of sp³-hybridized carbons (Fsp3) is 0.273. The van der Waals surface area contributed by atoms with Gasteiger partial charge in [-0.2, -0.15) is 13.2 Å². The molecule has 1 amide bonds. The first-order valence-corrected chi connectivity index (χ1v) is 9.44. The molecule has 0 radical (unpaired) electrons. The molecule has 0 saturated carbocycles. The summed E-state index contributed by atoms with van der Waals surface area (Å²) in [7, 11) is 0. The lowest BCUT2D eigenvalue weighted by atomic mass is 10.1. The number of hydrogen-bond acceptors (Lipinski definition) is 5. The van der Waals surface area contributed by atoms with Crippen LogP contribution in [0.5, 0.6) is 5.75 Å². The van der Waals surface area contributed by atoms with Crippen molar-refractivity contribution >= 4 is 5.91 Å². The third-order valence-corrected chi connectivity index (χ3v) is 4.62. The van der Waals surface area contributed by atoms with E-state index in [0.717, 1.165) is 29.7 Å². The molecule has 1 aromatic heterocycles. The second kappa shape index (κ2) is 9.65. The van der Waals surface area contributed by atoms with Gasteiger partial charge in [-0.15, -0.1) is 0 Å². The fourth-order valence-electron chi connectivity index (χ4n) is 2.93. The van der Waals surface area contributed by atoms with E-state index in [4.69, 9.17) is 9.15 Å². The van der Waals surface area contributed by atoms with Crippen LogP contribution in [-0.2, 0) is 12.7 Å². The van der Waals surface area contributed by atoms with E-state index in [2.05, 4.69) is 4.98 Å². The van der Waals surface area contributed by atoms with Gasteiger partial charge in [0.1, 0.15) is 24.7 Å². The van der Waals surface area contributed by atoms with Gasteiger partial charge in [-0.3, -0.25) is 4.79 Å². The first kappa shape index (κ1) is 22.4. The predicted molar refractivity (Wildman–Crippen MR) is 105 cm³/mol. The number of carbonyl (C=O) groups is 1. The molecule has 0 aliphatic carbocycles. The second-order valence-electron chi connectivity index (χ2n) is 6.97. The van der Waals surface area contributed by atoms with Crippen molar-refractivity contribution < 1.29 is 32.2 Å². The average molecular weight is 434 g/mol. The first-order valence-electron chi connectivity index (χ1n) is 9.44. The molecule has 164 valence electrons. The van der Waals surface area contributed by atoms with E-state index in [9.17, 15) is 23.1 Å². The summed E-state index contributed by atoms with van der Waals surface area (Å²) in [6.45, 7) is 1.87. The van der Waals surface area contributed by atoms with Gasteiger partial charge in [0.15, 0.2) is 12.1 Å². The summed E-state index contributed by atoms with van der Waals surface area (Å²) in [6, 6.07) is 11.7. The van der Waals surface area contributed by atoms with Crippen LogP contribution in [0.25, 0.3) is 0 Å². The van der Waals surface area contributed by atoms with Crippen molar-refractivity contribution in [2.75, 3.05) is 13.2 Å². The molecule has 9 heteroatoms. The van der Waals surface area contributed by atoms with Crippen LogP contribution in [0.4, 0.5) is 13.2 Å². The van der Waals surface area contributed by atoms with Crippen molar-refractivity contribution in [2.45, 2.75) is 25.7 Å². The zero-order valence-electron chi connectivity index (χ0n) is 16.7. The molecule has 3 rings (SSSR count). The van der Waals surface area contributed by atoms with Gasteiger partial charge in [-0.1, -0.05) is 24.3 Å². The number of aryl methyl sites for hydroxylation is 1. The molecule has 0 aliphatic rings.